The minimum Gasteiger partial charge on any atom is -0.340 e. The summed E-state index contributed by atoms with van der Waals surface area (Å²) in [5.74, 6) is 0.360. The monoisotopic (exact) mass is 189 g/mol. The van der Waals surface area contributed by atoms with Crippen LogP contribution in [0.4, 0.5) is 4.39 Å². The molecule has 72 valence electrons. The summed E-state index contributed by atoms with van der Waals surface area (Å²) in [5, 5.41) is 0. The third-order valence-corrected chi connectivity index (χ3v) is 5.91. The Kier molecular flexibility index (Phi) is 3.29. The lowest BCUT2D eigenvalue weighted by Crippen LogP contribution is -2.44. The maximum absolute atomic E-state index is 13.2. The first kappa shape index (κ1) is 10.2. The van der Waals surface area contributed by atoms with Crippen molar-refractivity contribution < 1.29 is 4.39 Å². The fourth-order valence-corrected chi connectivity index (χ4v) is 3.95. The average Bonchev–Trinajstić information content (AvgIpc) is 2.36. The highest BCUT2D eigenvalue weighted by Gasteiger charge is 2.32. The van der Waals surface area contributed by atoms with Gasteiger partial charge in [0.05, 0.1) is 0 Å². The second-order valence-corrected chi connectivity index (χ2v) is 9.22. The minimum atomic E-state index is -1.27. The van der Waals surface area contributed by atoms with Crippen LogP contribution < -0.4 is 4.98 Å². The van der Waals surface area contributed by atoms with Crippen molar-refractivity contribution in [3.05, 3.63) is 0 Å². The number of hydrogen-bond acceptors (Lipinski definition) is 1. The van der Waals surface area contributed by atoms with Gasteiger partial charge in [-0.1, -0.05) is 19.5 Å². The topological polar surface area (TPSA) is 12.0 Å². The van der Waals surface area contributed by atoms with Gasteiger partial charge in [-0.05, 0) is 31.9 Å². The van der Waals surface area contributed by atoms with Crippen LogP contribution >= 0.6 is 0 Å². The first-order chi connectivity index (χ1) is 5.55. The van der Waals surface area contributed by atoms with Crippen molar-refractivity contribution in [1.82, 2.24) is 4.98 Å². The Hall–Kier alpha value is 0.107. The molecule has 0 radical (unpaired) electrons. The lowest BCUT2D eigenvalue weighted by atomic mass is 10.1. The molecule has 1 aliphatic carbocycles. The van der Waals surface area contributed by atoms with Crippen molar-refractivity contribution in [1.29, 1.82) is 0 Å². The van der Waals surface area contributed by atoms with Gasteiger partial charge in [-0.15, -0.1) is 0 Å². The normalized spacial score (nSPS) is 31.0. The molecule has 0 saturated heterocycles. The molecule has 0 aromatic carbocycles. The fraction of sp³-hybridized carbons (Fsp3) is 1.00. The van der Waals surface area contributed by atoms with E-state index in [1.807, 2.05) is 7.05 Å². The molecule has 0 aromatic heterocycles. The van der Waals surface area contributed by atoms with Crippen molar-refractivity contribution >= 4 is 8.24 Å². The van der Waals surface area contributed by atoms with Crippen LogP contribution in [0, 0.1) is 5.92 Å². The Labute approximate surface area is 75.8 Å². The Bertz CT molecular complexity index is 149. The summed E-state index contributed by atoms with van der Waals surface area (Å²) < 4.78 is 13.2. The summed E-state index contributed by atoms with van der Waals surface area (Å²) in [6.45, 7) is 4.55. The standard InChI is InChI=1S/C9H20FNSi/c1-11-12(2,3)7-8-5-4-6-9(8)10/h8-9,11H,4-7H2,1-3H3. The van der Waals surface area contributed by atoms with E-state index < -0.39 is 14.4 Å². The molecule has 0 heterocycles. The van der Waals surface area contributed by atoms with E-state index in [1.165, 1.54) is 0 Å². The third kappa shape index (κ3) is 2.56. The van der Waals surface area contributed by atoms with E-state index in [4.69, 9.17) is 0 Å². The Morgan fingerprint density at radius 3 is 2.50 bits per heavy atom. The third-order valence-electron chi connectivity index (χ3n) is 3.02. The van der Waals surface area contributed by atoms with E-state index in [9.17, 15) is 4.39 Å². The molecule has 1 N–H and O–H groups in total. The van der Waals surface area contributed by atoms with Gasteiger partial charge in [-0.2, -0.15) is 0 Å². The zero-order valence-electron chi connectivity index (χ0n) is 8.36. The quantitative estimate of drug-likeness (QED) is 0.673. The Morgan fingerprint density at radius 2 is 2.08 bits per heavy atom. The summed E-state index contributed by atoms with van der Waals surface area (Å²) in [6, 6.07) is 1.10. The molecular formula is C9H20FNSi. The molecule has 1 fully saturated rings. The summed E-state index contributed by atoms with van der Waals surface area (Å²) >= 11 is 0. The Morgan fingerprint density at radius 1 is 1.42 bits per heavy atom. The molecule has 2 unspecified atom stereocenters. The first-order valence-corrected chi connectivity index (χ1v) is 8.09. The maximum atomic E-state index is 13.2. The molecule has 1 saturated carbocycles. The molecule has 12 heavy (non-hydrogen) atoms. The van der Waals surface area contributed by atoms with Gasteiger partial charge < -0.3 is 4.98 Å². The molecule has 1 nitrogen and oxygen atoms in total. The van der Waals surface area contributed by atoms with Gasteiger partial charge >= 0.3 is 0 Å². The summed E-state index contributed by atoms with van der Waals surface area (Å²) in [4.78, 5) is 3.36. The van der Waals surface area contributed by atoms with E-state index in [2.05, 4.69) is 18.1 Å². The van der Waals surface area contributed by atoms with Gasteiger partial charge in [0.25, 0.3) is 0 Å². The lowest BCUT2D eigenvalue weighted by molar-refractivity contribution is 0.275. The number of hydrogen-bond donors (Lipinski definition) is 1. The van der Waals surface area contributed by atoms with Crippen LogP contribution in [0.15, 0.2) is 0 Å². The SMILES string of the molecule is CN[Si](C)(C)CC1CCCC1F. The molecular weight excluding hydrogens is 169 g/mol. The van der Waals surface area contributed by atoms with E-state index >= 15 is 0 Å². The van der Waals surface area contributed by atoms with Crippen LogP contribution in [0.2, 0.25) is 19.1 Å². The zero-order chi connectivity index (χ0) is 9.19. The Balaban J connectivity index is 2.39. The molecule has 0 spiro atoms. The van der Waals surface area contributed by atoms with Crippen molar-refractivity contribution in [2.75, 3.05) is 7.05 Å². The lowest BCUT2D eigenvalue weighted by Gasteiger charge is -2.25. The van der Waals surface area contributed by atoms with Crippen molar-refractivity contribution in [3.8, 4) is 0 Å². The van der Waals surface area contributed by atoms with Crippen LogP contribution in [-0.2, 0) is 0 Å². The van der Waals surface area contributed by atoms with Gasteiger partial charge in [0.2, 0.25) is 0 Å². The highest BCUT2D eigenvalue weighted by atomic mass is 28.3. The van der Waals surface area contributed by atoms with Gasteiger partial charge in [0, 0.05) is 0 Å². The highest BCUT2D eigenvalue weighted by molar-refractivity contribution is 6.74. The van der Waals surface area contributed by atoms with E-state index in [0.717, 1.165) is 25.3 Å². The predicted octanol–water partition coefficient (Wildman–Crippen LogP) is 2.55. The highest BCUT2D eigenvalue weighted by Crippen LogP contribution is 2.33. The smallest absolute Gasteiger partial charge is 0.119 e. The van der Waals surface area contributed by atoms with Crippen LogP contribution in [0.1, 0.15) is 19.3 Å². The maximum Gasteiger partial charge on any atom is 0.119 e. The molecule has 1 aliphatic rings. The molecule has 0 amide bonds. The second-order valence-electron chi connectivity index (χ2n) is 4.54. The number of nitrogens with one attached hydrogen (secondary N) is 1. The molecule has 2 atom stereocenters. The number of halogens is 1. The fourth-order valence-electron chi connectivity index (χ4n) is 1.98. The first-order valence-electron chi connectivity index (χ1n) is 4.88. The number of rotatable bonds is 3. The van der Waals surface area contributed by atoms with Crippen LogP contribution in [0.25, 0.3) is 0 Å². The van der Waals surface area contributed by atoms with Gasteiger partial charge in [0.15, 0.2) is 0 Å². The van der Waals surface area contributed by atoms with Gasteiger partial charge in [-0.25, -0.2) is 4.39 Å². The predicted molar refractivity (Wildman–Crippen MR) is 53.6 cm³/mol. The summed E-state index contributed by atoms with van der Waals surface area (Å²) in [6.07, 6.45) is 2.50. The van der Waals surface area contributed by atoms with Crippen molar-refractivity contribution in [2.24, 2.45) is 5.92 Å². The van der Waals surface area contributed by atoms with E-state index in [1.54, 1.807) is 0 Å². The van der Waals surface area contributed by atoms with Crippen molar-refractivity contribution in [3.63, 3.8) is 0 Å². The average molecular weight is 189 g/mol. The van der Waals surface area contributed by atoms with Crippen LogP contribution in [0.3, 0.4) is 0 Å². The zero-order valence-corrected chi connectivity index (χ0v) is 9.36. The summed E-state index contributed by atoms with van der Waals surface area (Å²) in [5.41, 5.74) is 0. The van der Waals surface area contributed by atoms with Gasteiger partial charge in [0.1, 0.15) is 14.4 Å². The second kappa shape index (κ2) is 3.88. The molecule has 0 bridgehead atoms. The molecule has 0 aliphatic heterocycles. The molecule has 3 heteroatoms. The van der Waals surface area contributed by atoms with E-state index in [0.29, 0.717) is 5.92 Å². The summed E-state index contributed by atoms with van der Waals surface area (Å²) in [7, 11) is 0.734. The minimum absolute atomic E-state index is 0.360. The molecule has 1 rings (SSSR count). The van der Waals surface area contributed by atoms with Crippen LogP contribution in [-0.4, -0.2) is 21.5 Å². The number of alkyl halides is 1. The van der Waals surface area contributed by atoms with Gasteiger partial charge in [-0.3, -0.25) is 0 Å². The molecule has 0 aromatic rings. The van der Waals surface area contributed by atoms with E-state index in [-0.39, 0.29) is 0 Å². The van der Waals surface area contributed by atoms with Crippen LogP contribution in [0.5, 0.6) is 0 Å². The van der Waals surface area contributed by atoms with Crippen molar-refractivity contribution in [2.45, 2.75) is 44.6 Å². The largest absolute Gasteiger partial charge is 0.340 e.